The molecule has 0 atom stereocenters. The summed E-state index contributed by atoms with van der Waals surface area (Å²) in [6.07, 6.45) is 0.928. The smallest absolute Gasteiger partial charge is 0.227 e. The number of hydrogen-bond donors (Lipinski definition) is 1. The van der Waals surface area contributed by atoms with Gasteiger partial charge in [-0.1, -0.05) is 41.4 Å². The van der Waals surface area contributed by atoms with Crippen LogP contribution in [0.2, 0.25) is 10.0 Å². The zero-order valence-electron chi connectivity index (χ0n) is 14.9. The first kappa shape index (κ1) is 21.6. The van der Waals surface area contributed by atoms with Gasteiger partial charge in [0.15, 0.2) is 0 Å². The Morgan fingerprint density at radius 2 is 1.68 bits per heavy atom. The van der Waals surface area contributed by atoms with E-state index in [-0.39, 0.29) is 17.6 Å². The van der Waals surface area contributed by atoms with E-state index in [1.165, 1.54) is 4.31 Å². The highest BCUT2D eigenvalue weighted by atomic mass is 79.9. The van der Waals surface area contributed by atoms with Gasteiger partial charge >= 0.3 is 0 Å². The summed E-state index contributed by atoms with van der Waals surface area (Å²) in [5.74, 6) is -0.583. The summed E-state index contributed by atoms with van der Waals surface area (Å²) in [6.45, 7) is 0.580. The molecule has 1 N–H and O–H groups in total. The molecule has 9 heteroatoms. The van der Waals surface area contributed by atoms with Gasteiger partial charge in [-0.15, -0.1) is 0 Å². The molecule has 0 radical (unpaired) electrons. The fourth-order valence-electron chi connectivity index (χ4n) is 3.14. The molecule has 0 unspecified atom stereocenters. The molecule has 2 aromatic rings. The van der Waals surface area contributed by atoms with Crippen LogP contribution < -0.4 is 5.32 Å². The van der Waals surface area contributed by atoms with Gasteiger partial charge in [-0.05, 0) is 53.0 Å². The highest BCUT2D eigenvalue weighted by Gasteiger charge is 2.32. The molecule has 1 saturated heterocycles. The molecule has 1 heterocycles. The van der Waals surface area contributed by atoms with Gasteiger partial charge in [-0.25, -0.2) is 12.7 Å². The van der Waals surface area contributed by atoms with Crippen molar-refractivity contribution in [3.05, 3.63) is 62.5 Å². The molecule has 0 spiro atoms. The molecule has 0 bridgehead atoms. The lowest BCUT2D eigenvalue weighted by Gasteiger charge is -2.30. The Hall–Kier alpha value is -1.12. The van der Waals surface area contributed by atoms with E-state index < -0.39 is 10.0 Å². The van der Waals surface area contributed by atoms with Crippen LogP contribution in [0.1, 0.15) is 18.4 Å². The second-order valence-electron chi connectivity index (χ2n) is 6.60. The fraction of sp³-hybridized carbons (Fsp3) is 0.316. The summed E-state index contributed by atoms with van der Waals surface area (Å²) >= 11 is 15.6. The second-order valence-corrected chi connectivity index (χ2v) is 10.2. The molecule has 3 rings (SSSR count). The minimum absolute atomic E-state index is 0.0990. The molecule has 150 valence electrons. The molecular formula is C19H19BrCl2N2O3S. The van der Waals surface area contributed by atoms with Crippen LogP contribution in [0.3, 0.4) is 0 Å². The number of rotatable bonds is 5. The molecule has 28 heavy (non-hydrogen) atoms. The Morgan fingerprint density at radius 3 is 2.29 bits per heavy atom. The van der Waals surface area contributed by atoms with Gasteiger partial charge in [-0.3, -0.25) is 4.79 Å². The van der Waals surface area contributed by atoms with Crippen molar-refractivity contribution in [2.75, 3.05) is 18.4 Å². The molecule has 0 aliphatic carbocycles. The van der Waals surface area contributed by atoms with Gasteiger partial charge in [0.1, 0.15) is 0 Å². The van der Waals surface area contributed by atoms with E-state index in [1.807, 2.05) is 24.3 Å². The van der Waals surface area contributed by atoms with Crippen LogP contribution in [0.5, 0.6) is 0 Å². The normalized spacial score (nSPS) is 16.1. The summed E-state index contributed by atoms with van der Waals surface area (Å²) in [5, 5.41) is 3.56. The molecule has 2 aromatic carbocycles. The lowest BCUT2D eigenvalue weighted by atomic mass is 9.97. The van der Waals surface area contributed by atoms with Crippen molar-refractivity contribution in [1.29, 1.82) is 0 Å². The SMILES string of the molecule is O=C(Nc1ccccc1Br)C1CCN(S(=O)(=O)Cc2c(Cl)cccc2Cl)CC1. The average molecular weight is 506 g/mol. The van der Waals surface area contributed by atoms with Crippen molar-refractivity contribution >= 4 is 60.7 Å². The number of carbonyl (C=O) groups is 1. The van der Waals surface area contributed by atoms with Crippen LogP contribution in [-0.2, 0) is 20.6 Å². The Balaban J connectivity index is 1.61. The number of piperidine rings is 1. The predicted octanol–water partition coefficient (Wildman–Crippen LogP) is 4.94. The van der Waals surface area contributed by atoms with E-state index in [2.05, 4.69) is 21.2 Å². The van der Waals surface area contributed by atoms with Gasteiger partial charge in [0.25, 0.3) is 0 Å². The lowest BCUT2D eigenvalue weighted by Crippen LogP contribution is -2.42. The summed E-state index contributed by atoms with van der Waals surface area (Å²) in [5.41, 5.74) is 1.11. The molecule has 1 fully saturated rings. The molecular weight excluding hydrogens is 487 g/mol. The van der Waals surface area contributed by atoms with Crippen molar-refractivity contribution in [3.63, 3.8) is 0 Å². The Morgan fingerprint density at radius 1 is 1.07 bits per heavy atom. The van der Waals surface area contributed by atoms with Crippen LogP contribution in [0.15, 0.2) is 46.9 Å². The van der Waals surface area contributed by atoms with E-state index in [1.54, 1.807) is 18.2 Å². The maximum atomic E-state index is 12.8. The van der Waals surface area contributed by atoms with Crippen molar-refractivity contribution in [2.24, 2.45) is 5.92 Å². The first-order valence-electron chi connectivity index (χ1n) is 8.74. The molecule has 0 aromatic heterocycles. The van der Waals surface area contributed by atoms with Gasteiger partial charge in [0.05, 0.1) is 11.4 Å². The Kier molecular flexibility index (Phi) is 7.04. The number of amides is 1. The summed E-state index contributed by atoms with van der Waals surface area (Å²) in [6, 6.07) is 12.3. The van der Waals surface area contributed by atoms with Crippen LogP contribution >= 0.6 is 39.1 Å². The van der Waals surface area contributed by atoms with Crippen molar-refractivity contribution in [2.45, 2.75) is 18.6 Å². The maximum absolute atomic E-state index is 12.8. The maximum Gasteiger partial charge on any atom is 0.227 e. The molecule has 0 saturated carbocycles. The molecule has 5 nitrogen and oxygen atoms in total. The van der Waals surface area contributed by atoms with Crippen LogP contribution in [-0.4, -0.2) is 31.7 Å². The third-order valence-electron chi connectivity index (χ3n) is 4.74. The minimum Gasteiger partial charge on any atom is -0.325 e. The zero-order chi connectivity index (χ0) is 20.3. The number of nitrogens with zero attached hydrogens (tertiary/aromatic N) is 1. The first-order valence-corrected chi connectivity index (χ1v) is 11.9. The molecule has 1 aliphatic rings. The topological polar surface area (TPSA) is 66.5 Å². The summed E-state index contributed by atoms with van der Waals surface area (Å²) in [7, 11) is -3.57. The zero-order valence-corrected chi connectivity index (χ0v) is 18.8. The molecule has 1 amide bonds. The van der Waals surface area contributed by atoms with Gasteiger partial charge in [0.2, 0.25) is 15.9 Å². The Labute approximate surface area is 183 Å². The highest BCUT2D eigenvalue weighted by molar-refractivity contribution is 9.10. The van der Waals surface area contributed by atoms with Crippen molar-refractivity contribution < 1.29 is 13.2 Å². The summed E-state index contributed by atoms with van der Waals surface area (Å²) in [4.78, 5) is 12.5. The van der Waals surface area contributed by atoms with E-state index in [4.69, 9.17) is 23.2 Å². The van der Waals surface area contributed by atoms with E-state index in [9.17, 15) is 13.2 Å². The quantitative estimate of drug-likeness (QED) is 0.626. The van der Waals surface area contributed by atoms with Crippen molar-refractivity contribution in [1.82, 2.24) is 4.31 Å². The number of anilines is 1. The van der Waals surface area contributed by atoms with Gasteiger partial charge in [-0.2, -0.15) is 0 Å². The number of carbonyl (C=O) groups excluding carboxylic acids is 1. The first-order chi connectivity index (χ1) is 13.3. The van der Waals surface area contributed by atoms with E-state index in [0.717, 1.165) is 4.47 Å². The van der Waals surface area contributed by atoms with E-state index in [0.29, 0.717) is 47.2 Å². The van der Waals surface area contributed by atoms with E-state index >= 15 is 0 Å². The van der Waals surface area contributed by atoms with Gasteiger partial charge < -0.3 is 5.32 Å². The van der Waals surface area contributed by atoms with Crippen LogP contribution in [0.4, 0.5) is 5.69 Å². The number of halogens is 3. The Bertz CT molecular complexity index is 957. The summed E-state index contributed by atoms with van der Waals surface area (Å²) < 4.78 is 27.8. The predicted molar refractivity (Wildman–Crippen MR) is 116 cm³/mol. The fourth-order valence-corrected chi connectivity index (χ4v) is 5.84. The van der Waals surface area contributed by atoms with Crippen molar-refractivity contribution in [3.8, 4) is 0 Å². The molecule has 1 aliphatic heterocycles. The van der Waals surface area contributed by atoms with Crippen LogP contribution in [0.25, 0.3) is 0 Å². The number of benzene rings is 2. The number of nitrogens with one attached hydrogen (secondary N) is 1. The largest absolute Gasteiger partial charge is 0.325 e. The third-order valence-corrected chi connectivity index (χ3v) is 7.94. The third kappa shape index (κ3) is 5.07. The lowest BCUT2D eigenvalue weighted by molar-refractivity contribution is -0.120. The standard InChI is InChI=1S/C19H19BrCl2N2O3S/c20-15-4-1-2-7-18(15)23-19(25)13-8-10-24(11-9-13)28(26,27)12-14-16(21)5-3-6-17(14)22/h1-7,13H,8-12H2,(H,23,25). The van der Waals surface area contributed by atoms with Gasteiger partial charge in [0, 0.05) is 39.1 Å². The highest BCUT2D eigenvalue weighted by Crippen LogP contribution is 2.29. The van der Waals surface area contributed by atoms with Crippen LogP contribution in [0, 0.1) is 5.92 Å². The number of hydrogen-bond acceptors (Lipinski definition) is 3. The minimum atomic E-state index is -3.57. The second kappa shape index (κ2) is 9.13. The average Bonchev–Trinajstić information content (AvgIpc) is 2.67. The number of para-hydroxylation sites is 1. The number of sulfonamides is 1. The monoisotopic (exact) mass is 504 g/mol.